The number of hydrogen-bond acceptors (Lipinski definition) is 3. The fourth-order valence-corrected chi connectivity index (χ4v) is 2.48. The van der Waals surface area contributed by atoms with E-state index in [9.17, 15) is 4.79 Å². The van der Waals surface area contributed by atoms with Gasteiger partial charge in [-0.15, -0.1) is 0 Å². The van der Waals surface area contributed by atoms with Crippen molar-refractivity contribution in [1.29, 1.82) is 0 Å². The van der Waals surface area contributed by atoms with E-state index >= 15 is 0 Å². The molecule has 0 radical (unpaired) electrons. The van der Waals surface area contributed by atoms with E-state index in [1.807, 2.05) is 29.2 Å². The molecule has 21 heavy (non-hydrogen) atoms. The van der Waals surface area contributed by atoms with Gasteiger partial charge in [-0.1, -0.05) is 57.6 Å². The lowest BCUT2D eigenvalue weighted by atomic mass is 10.1. The van der Waals surface area contributed by atoms with Crippen LogP contribution in [0.5, 0.6) is 0 Å². The van der Waals surface area contributed by atoms with E-state index in [-0.39, 0.29) is 6.54 Å². The number of benzene rings is 1. The molecule has 0 aliphatic carbocycles. The van der Waals surface area contributed by atoms with Gasteiger partial charge in [0.1, 0.15) is 6.54 Å². The average Bonchev–Trinajstić information content (AvgIpc) is 2.45. The number of anilines is 2. The maximum Gasteiger partial charge on any atom is 0.323 e. The molecule has 0 atom stereocenters. The SMILES string of the molecule is CCCCCCCCCN(CC(=O)O)c1ccccc1N. The van der Waals surface area contributed by atoms with Gasteiger partial charge in [0.25, 0.3) is 0 Å². The largest absolute Gasteiger partial charge is 0.480 e. The first-order valence-corrected chi connectivity index (χ1v) is 7.96. The quantitative estimate of drug-likeness (QED) is 0.479. The number of hydrogen-bond donors (Lipinski definition) is 2. The number of rotatable bonds is 11. The number of nitrogens with two attached hydrogens (primary N) is 1. The van der Waals surface area contributed by atoms with Gasteiger partial charge < -0.3 is 15.7 Å². The van der Waals surface area contributed by atoms with Crippen LogP contribution in [0.25, 0.3) is 0 Å². The number of carbonyl (C=O) groups is 1. The third-order valence-corrected chi connectivity index (χ3v) is 3.64. The highest BCUT2D eigenvalue weighted by atomic mass is 16.4. The number of carboxylic acids is 1. The van der Waals surface area contributed by atoms with E-state index in [2.05, 4.69) is 6.92 Å². The van der Waals surface area contributed by atoms with E-state index in [4.69, 9.17) is 10.8 Å². The fourth-order valence-electron chi connectivity index (χ4n) is 2.48. The Hall–Kier alpha value is -1.71. The van der Waals surface area contributed by atoms with Gasteiger partial charge in [0, 0.05) is 6.54 Å². The molecule has 4 nitrogen and oxygen atoms in total. The van der Waals surface area contributed by atoms with Crippen molar-refractivity contribution < 1.29 is 9.90 Å². The minimum atomic E-state index is -0.818. The third-order valence-electron chi connectivity index (χ3n) is 3.64. The molecule has 0 saturated heterocycles. The number of unbranched alkanes of at least 4 members (excludes halogenated alkanes) is 6. The lowest BCUT2D eigenvalue weighted by Crippen LogP contribution is -2.31. The topological polar surface area (TPSA) is 66.6 Å². The van der Waals surface area contributed by atoms with Crippen LogP contribution < -0.4 is 10.6 Å². The first-order chi connectivity index (χ1) is 10.1. The second kappa shape index (κ2) is 10.1. The van der Waals surface area contributed by atoms with Crippen LogP contribution in [-0.4, -0.2) is 24.2 Å². The van der Waals surface area contributed by atoms with Gasteiger partial charge in [-0.05, 0) is 18.6 Å². The van der Waals surface area contributed by atoms with Crippen LogP contribution in [0.4, 0.5) is 11.4 Å². The summed E-state index contributed by atoms with van der Waals surface area (Å²) in [5, 5.41) is 9.05. The van der Waals surface area contributed by atoms with Gasteiger partial charge in [0.05, 0.1) is 11.4 Å². The van der Waals surface area contributed by atoms with Crippen molar-refractivity contribution in [3.63, 3.8) is 0 Å². The number of para-hydroxylation sites is 2. The molecule has 0 bridgehead atoms. The van der Waals surface area contributed by atoms with Gasteiger partial charge in [-0.2, -0.15) is 0 Å². The molecule has 0 saturated carbocycles. The van der Waals surface area contributed by atoms with Crippen molar-refractivity contribution in [1.82, 2.24) is 0 Å². The van der Waals surface area contributed by atoms with Gasteiger partial charge in [0.2, 0.25) is 0 Å². The summed E-state index contributed by atoms with van der Waals surface area (Å²) in [4.78, 5) is 12.9. The molecule has 0 aromatic heterocycles. The van der Waals surface area contributed by atoms with Crippen molar-refractivity contribution in [3.8, 4) is 0 Å². The summed E-state index contributed by atoms with van der Waals surface area (Å²) < 4.78 is 0. The Morgan fingerprint density at radius 1 is 1.10 bits per heavy atom. The first kappa shape index (κ1) is 17.3. The van der Waals surface area contributed by atoms with Crippen LogP contribution in [0.15, 0.2) is 24.3 Å². The summed E-state index contributed by atoms with van der Waals surface area (Å²) in [6.45, 7) is 2.96. The van der Waals surface area contributed by atoms with Crippen molar-refractivity contribution in [2.45, 2.75) is 51.9 Å². The van der Waals surface area contributed by atoms with E-state index in [0.717, 1.165) is 25.1 Å². The number of nitrogen functional groups attached to an aromatic ring is 1. The van der Waals surface area contributed by atoms with E-state index in [0.29, 0.717) is 5.69 Å². The molecule has 0 amide bonds. The average molecular weight is 292 g/mol. The summed E-state index contributed by atoms with van der Waals surface area (Å²) >= 11 is 0. The van der Waals surface area contributed by atoms with Crippen LogP contribution in [0.3, 0.4) is 0 Å². The van der Waals surface area contributed by atoms with Crippen LogP contribution >= 0.6 is 0 Å². The zero-order chi connectivity index (χ0) is 15.5. The fraction of sp³-hybridized carbons (Fsp3) is 0.588. The summed E-state index contributed by atoms with van der Waals surface area (Å²) in [5.74, 6) is -0.818. The normalized spacial score (nSPS) is 10.5. The molecule has 1 aromatic rings. The molecule has 118 valence electrons. The molecular formula is C17H28N2O2. The van der Waals surface area contributed by atoms with Crippen LogP contribution in [-0.2, 0) is 4.79 Å². The van der Waals surface area contributed by atoms with Gasteiger partial charge in [-0.3, -0.25) is 4.79 Å². The lowest BCUT2D eigenvalue weighted by Gasteiger charge is -2.24. The summed E-state index contributed by atoms with van der Waals surface area (Å²) in [6.07, 6.45) is 8.54. The highest BCUT2D eigenvalue weighted by Crippen LogP contribution is 2.22. The zero-order valence-corrected chi connectivity index (χ0v) is 13.1. The minimum Gasteiger partial charge on any atom is -0.480 e. The van der Waals surface area contributed by atoms with Crippen LogP contribution in [0.2, 0.25) is 0 Å². The zero-order valence-electron chi connectivity index (χ0n) is 13.1. The number of carboxylic acid groups (broad SMARTS) is 1. The summed E-state index contributed by atoms with van der Waals surface area (Å²) in [7, 11) is 0. The van der Waals surface area contributed by atoms with E-state index < -0.39 is 5.97 Å². The Morgan fingerprint density at radius 3 is 2.33 bits per heavy atom. The molecule has 0 aliphatic heterocycles. The predicted molar refractivity (Wildman–Crippen MR) is 88.7 cm³/mol. The molecular weight excluding hydrogens is 264 g/mol. The second-order valence-electron chi connectivity index (χ2n) is 5.50. The van der Waals surface area contributed by atoms with Crippen molar-refractivity contribution in [3.05, 3.63) is 24.3 Å². The molecule has 3 N–H and O–H groups in total. The smallest absolute Gasteiger partial charge is 0.323 e. The molecule has 1 aromatic carbocycles. The predicted octanol–water partition coefficient (Wildman–Crippen LogP) is 3.91. The molecule has 0 spiro atoms. The second-order valence-corrected chi connectivity index (χ2v) is 5.50. The van der Waals surface area contributed by atoms with Crippen LogP contribution in [0, 0.1) is 0 Å². The third kappa shape index (κ3) is 7.02. The molecule has 0 fully saturated rings. The van der Waals surface area contributed by atoms with Gasteiger partial charge >= 0.3 is 5.97 Å². The van der Waals surface area contributed by atoms with E-state index in [1.165, 1.54) is 32.1 Å². The van der Waals surface area contributed by atoms with Crippen molar-refractivity contribution >= 4 is 17.3 Å². The highest BCUT2D eigenvalue weighted by Gasteiger charge is 2.12. The molecule has 0 aliphatic rings. The monoisotopic (exact) mass is 292 g/mol. The maximum atomic E-state index is 11.0. The Bertz CT molecular complexity index is 421. The highest BCUT2D eigenvalue weighted by molar-refractivity contribution is 5.77. The van der Waals surface area contributed by atoms with Crippen molar-refractivity contribution in [2.24, 2.45) is 0 Å². The Morgan fingerprint density at radius 2 is 1.71 bits per heavy atom. The Labute approximate surface area is 128 Å². The minimum absolute atomic E-state index is 0.00402. The standard InChI is InChI=1S/C17H28N2O2/c1-2-3-4-5-6-7-10-13-19(14-17(20)21)16-12-9-8-11-15(16)18/h8-9,11-12H,2-7,10,13-14,18H2,1H3,(H,20,21). The van der Waals surface area contributed by atoms with Gasteiger partial charge in [0.15, 0.2) is 0 Å². The summed E-state index contributed by atoms with van der Waals surface area (Å²) in [5.41, 5.74) is 7.41. The maximum absolute atomic E-state index is 11.0. The molecule has 0 unspecified atom stereocenters. The lowest BCUT2D eigenvalue weighted by molar-refractivity contribution is -0.135. The van der Waals surface area contributed by atoms with Crippen molar-refractivity contribution in [2.75, 3.05) is 23.7 Å². The number of aliphatic carboxylic acids is 1. The first-order valence-electron chi connectivity index (χ1n) is 7.96. The Kier molecular flexibility index (Phi) is 8.32. The Balaban J connectivity index is 2.41. The number of nitrogens with zero attached hydrogens (tertiary/aromatic N) is 1. The molecule has 4 heteroatoms. The van der Waals surface area contributed by atoms with E-state index in [1.54, 1.807) is 0 Å². The van der Waals surface area contributed by atoms with Gasteiger partial charge in [-0.25, -0.2) is 0 Å². The summed E-state index contributed by atoms with van der Waals surface area (Å²) in [6, 6.07) is 7.46. The molecule has 1 rings (SSSR count). The van der Waals surface area contributed by atoms with Crippen LogP contribution in [0.1, 0.15) is 51.9 Å². The molecule has 0 heterocycles.